The summed E-state index contributed by atoms with van der Waals surface area (Å²) >= 11 is 0. The fraction of sp³-hybridized carbons (Fsp3) is 0.333. The van der Waals surface area contributed by atoms with Gasteiger partial charge in [-0.05, 0) is 37.1 Å². The SMILES string of the molecule is CCc1ccc(N(C)c2nc(C)cc(CN)n2)cc1. The molecule has 0 aliphatic carbocycles. The van der Waals surface area contributed by atoms with Crippen LogP contribution in [0.3, 0.4) is 0 Å². The molecule has 4 heteroatoms. The van der Waals surface area contributed by atoms with Crippen molar-refractivity contribution in [3.63, 3.8) is 0 Å². The quantitative estimate of drug-likeness (QED) is 0.913. The standard InChI is InChI=1S/C15H20N4/c1-4-12-5-7-14(8-6-12)19(3)15-17-11(2)9-13(10-16)18-15/h5-9H,4,10,16H2,1-3H3. The summed E-state index contributed by atoms with van der Waals surface area (Å²) in [5.41, 5.74) is 9.85. The normalized spacial score (nSPS) is 10.5. The highest BCUT2D eigenvalue weighted by atomic mass is 15.2. The first-order valence-electron chi connectivity index (χ1n) is 6.51. The van der Waals surface area contributed by atoms with Gasteiger partial charge in [-0.25, -0.2) is 9.97 Å². The van der Waals surface area contributed by atoms with Crippen molar-refractivity contribution in [1.29, 1.82) is 0 Å². The van der Waals surface area contributed by atoms with E-state index in [1.807, 2.05) is 24.9 Å². The number of hydrogen-bond acceptors (Lipinski definition) is 4. The second-order valence-corrected chi connectivity index (χ2v) is 4.58. The highest BCUT2D eigenvalue weighted by molar-refractivity contribution is 5.56. The number of nitrogens with zero attached hydrogens (tertiary/aromatic N) is 3. The van der Waals surface area contributed by atoms with Gasteiger partial charge in [-0.15, -0.1) is 0 Å². The van der Waals surface area contributed by atoms with Crippen molar-refractivity contribution >= 4 is 11.6 Å². The minimum Gasteiger partial charge on any atom is -0.325 e. The zero-order chi connectivity index (χ0) is 13.8. The lowest BCUT2D eigenvalue weighted by atomic mass is 10.1. The molecule has 1 aromatic carbocycles. The van der Waals surface area contributed by atoms with Crippen LogP contribution in [-0.4, -0.2) is 17.0 Å². The lowest BCUT2D eigenvalue weighted by molar-refractivity contribution is 0.922. The molecule has 0 saturated heterocycles. The second-order valence-electron chi connectivity index (χ2n) is 4.58. The molecule has 0 fully saturated rings. The van der Waals surface area contributed by atoms with Gasteiger partial charge in [0.05, 0.1) is 5.69 Å². The molecule has 4 nitrogen and oxygen atoms in total. The highest BCUT2D eigenvalue weighted by Crippen LogP contribution is 2.21. The third-order valence-electron chi connectivity index (χ3n) is 3.14. The molecule has 0 aliphatic rings. The molecule has 0 radical (unpaired) electrons. The molecule has 1 aromatic heterocycles. The Hall–Kier alpha value is -1.94. The predicted octanol–water partition coefficient (Wildman–Crippen LogP) is 2.57. The average Bonchev–Trinajstić information content (AvgIpc) is 2.46. The van der Waals surface area contributed by atoms with Crippen LogP contribution in [0.1, 0.15) is 23.9 Å². The van der Waals surface area contributed by atoms with Crippen LogP contribution in [0.25, 0.3) is 0 Å². The van der Waals surface area contributed by atoms with Crippen LogP contribution in [0, 0.1) is 6.92 Å². The molecule has 0 amide bonds. The van der Waals surface area contributed by atoms with Gasteiger partial charge in [0.25, 0.3) is 0 Å². The van der Waals surface area contributed by atoms with E-state index in [1.54, 1.807) is 0 Å². The van der Waals surface area contributed by atoms with E-state index in [-0.39, 0.29) is 0 Å². The summed E-state index contributed by atoms with van der Waals surface area (Å²) in [6.07, 6.45) is 1.04. The van der Waals surface area contributed by atoms with Crippen LogP contribution in [0.5, 0.6) is 0 Å². The summed E-state index contributed by atoms with van der Waals surface area (Å²) in [6, 6.07) is 10.4. The monoisotopic (exact) mass is 256 g/mol. The number of aryl methyl sites for hydroxylation is 2. The van der Waals surface area contributed by atoms with Crippen LogP contribution in [0.2, 0.25) is 0 Å². The Bertz CT molecular complexity index is 549. The number of anilines is 2. The van der Waals surface area contributed by atoms with Crippen LogP contribution in [0.4, 0.5) is 11.6 Å². The van der Waals surface area contributed by atoms with Crippen molar-refractivity contribution in [2.24, 2.45) is 5.73 Å². The Morgan fingerprint density at radius 2 is 1.84 bits per heavy atom. The number of rotatable bonds is 4. The fourth-order valence-corrected chi connectivity index (χ4v) is 1.94. The summed E-state index contributed by atoms with van der Waals surface area (Å²) in [4.78, 5) is 10.9. The summed E-state index contributed by atoms with van der Waals surface area (Å²) < 4.78 is 0. The predicted molar refractivity (Wildman–Crippen MR) is 78.5 cm³/mol. The van der Waals surface area contributed by atoms with Crippen molar-refractivity contribution in [1.82, 2.24) is 9.97 Å². The zero-order valence-electron chi connectivity index (χ0n) is 11.7. The van der Waals surface area contributed by atoms with Gasteiger partial charge in [-0.2, -0.15) is 0 Å². The van der Waals surface area contributed by atoms with E-state index in [2.05, 4.69) is 41.2 Å². The van der Waals surface area contributed by atoms with Crippen LogP contribution in [-0.2, 0) is 13.0 Å². The third-order valence-corrected chi connectivity index (χ3v) is 3.14. The van der Waals surface area contributed by atoms with E-state index in [0.717, 1.165) is 23.5 Å². The maximum atomic E-state index is 5.66. The third kappa shape index (κ3) is 3.09. The van der Waals surface area contributed by atoms with Gasteiger partial charge in [0, 0.05) is 25.0 Å². The molecular formula is C15H20N4. The first-order valence-corrected chi connectivity index (χ1v) is 6.51. The Morgan fingerprint density at radius 1 is 1.16 bits per heavy atom. The summed E-state index contributed by atoms with van der Waals surface area (Å²) in [5.74, 6) is 0.685. The minimum atomic E-state index is 0.430. The van der Waals surface area contributed by atoms with E-state index in [1.165, 1.54) is 5.56 Å². The number of benzene rings is 1. The van der Waals surface area contributed by atoms with E-state index >= 15 is 0 Å². The molecule has 0 saturated carbocycles. The van der Waals surface area contributed by atoms with Gasteiger partial charge >= 0.3 is 0 Å². The molecule has 2 aromatic rings. The van der Waals surface area contributed by atoms with E-state index in [9.17, 15) is 0 Å². The Labute approximate surface area is 114 Å². The molecule has 0 spiro atoms. The smallest absolute Gasteiger partial charge is 0.230 e. The van der Waals surface area contributed by atoms with E-state index < -0.39 is 0 Å². The van der Waals surface area contributed by atoms with Crippen molar-refractivity contribution in [3.8, 4) is 0 Å². The number of nitrogens with two attached hydrogens (primary N) is 1. The lowest BCUT2D eigenvalue weighted by Crippen LogP contribution is -2.15. The van der Waals surface area contributed by atoms with Gasteiger partial charge in [0.1, 0.15) is 0 Å². The topological polar surface area (TPSA) is 55.0 Å². The first-order chi connectivity index (χ1) is 9.13. The summed E-state index contributed by atoms with van der Waals surface area (Å²) in [5, 5.41) is 0. The molecule has 2 N–H and O–H groups in total. The summed E-state index contributed by atoms with van der Waals surface area (Å²) in [7, 11) is 1.97. The maximum Gasteiger partial charge on any atom is 0.230 e. The Morgan fingerprint density at radius 3 is 2.42 bits per heavy atom. The zero-order valence-corrected chi connectivity index (χ0v) is 11.7. The van der Waals surface area contributed by atoms with Crippen LogP contribution >= 0.6 is 0 Å². The van der Waals surface area contributed by atoms with Crippen LogP contribution in [0.15, 0.2) is 30.3 Å². The molecule has 0 atom stereocenters. The number of hydrogen-bond donors (Lipinski definition) is 1. The maximum absolute atomic E-state index is 5.66. The second kappa shape index (κ2) is 5.80. The minimum absolute atomic E-state index is 0.430. The largest absolute Gasteiger partial charge is 0.325 e. The van der Waals surface area contributed by atoms with Crippen LogP contribution < -0.4 is 10.6 Å². The first kappa shape index (κ1) is 13.5. The average molecular weight is 256 g/mol. The molecule has 0 aliphatic heterocycles. The Balaban J connectivity index is 2.31. The van der Waals surface area contributed by atoms with Crippen molar-refractivity contribution in [3.05, 3.63) is 47.3 Å². The molecular weight excluding hydrogens is 236 g/mol. The molecule has 19 heavy (non-hydrogen) atoms. The summed E-state index contributed by atoms with van der Waals surface area (Å²) in [6.45, 7) is 4.53. The van der Waals surface area contributed by atoms with Gasteiger partial charge in [0.15, 0.2) is 0 Å². The van der Waals surface area contributed by atoms with Gasteiger partial charge in [-0.1, -0.05) is 19.1 Å². The van der Waals surface area contributed by atoms with Gasteiger partial charge in [0.2, 0.25) is 5.95 Å². The van der Waals surface area contributed by atoms with E-state index in [4.69, 9.17) is 5.73 Å². The van der Waals surface area contributed by atoms with Gasteiger partial charge < -0.3 is 10.6 Å². The van der Waals surface area contributed by atoms with E-state index in [0.29, 0.717) is 12.5 Å². The van der Waals surface area contributed by atoms with Gasteiger partial charge in [-0.3, -0.25) is 0 Å². The Kier molecular flexibility index (Phi) is 4.12. The van der Waals surface area contributed by atoms with Crippen molar-refractivity contribution in [2.45, 2.75) is 26.8 Å². The molecule has 0 unspecified atom stereocenters. The fourth-order valence-electron chi connectivity index (χ4n) is 1.94. The highest BCUT2D eigenvalue weighted by Gasteiger charge is 2.08. The van der Waals surface area contributed by atoms with Crippen molar-refractivity contribution < 1.29 is 0 Å². The molecule has 100 valence electrons. The molecule has 1 heterocycles. The number of aromatic nitrogens is 2. The molecule has 2 rings (SSSR count). The molecule has 0 bridgehead atoms. The van der Waals surface area contributed by atoms with Crippen molar-refractivity contribution in [2.75, 3.05) is 11.9 Å². The lowest BCUT2D eigenvalue weighted by Gasteiger charge is -2.18.